The molecule has 0 aliphatic rings. The van der Waals surface area contributed by atoms with Crippen molar-refractivity contribution < 1.29 is 0 Å². The molecule has 0 spiro atoms. The zero-order chi connectivity index (χ0) is 13.0. The SMILES string of the molecule is CNC(C)c1csc(CSc2ccc(Cl)cc2)n1. The molecule has 1 atom stereocenters. The minimum Gasteiger partial charge on any atom is -0.312 e. The molecule has 96 valence electrons. The van der Waals surface area contributed by atoms with E-state index < -0.39 is 0 Å². The van der Waals surface area contributed by atoms with Crippen LogP contribution in [0.1, 0.15) is 23.7 Å². The Hall–Kier alpha value is -0.550. The lowest BCUT2D eigenvalue weighted by molar-refractivity contribution is 0.635. The molecule has 1 unspecified atom stereocenters. The fourth-order valence-electron chi connectivity index (χ4n) is 1.41. The van der Waals surface area contributed by atoms with Crippen LogP contribution in [0.3, 0.4) is 0 Å². The number of nitrogens with one attached hydrogen (secondary N) is 1. The Labute approximate surface area is 121 Å². The van der Waals surface area contributed by atoms with Crippen molar-refractivity contribution in [1.82, 2.24) is 10.3 Å². The maximum atomic E-state index is 5.86. The lowest BCUT2D eigenvalue weighted by Gasteiger charge is -2.05. The highest BCUT2D eigenvalue weighted by Gasteiger charge is 2.08. The first-order valence-electron chi connectivity index (χ1n) is 5.69. The van der Waals surface area contributed by atoms with Crippen LogP contribution in [-0.4, -0.2) is 12.0 Å². The molecular formula is C13H15ClN2S2. The first-order chi connectivity index (χ1) is 8.69. The van der Waals surface area contributed by atoms with E-state index in [1.54, 1.807) is 23.1 Å². The molecule has 1 aromatic carbocycles. The van der Waals surface area contributed by atoms with Crippen LogP contribution in [0.25, 0.3) is 0 Å². The average Bonchev–Trinajstić information content (AvgIpc) is 2.86. The molecule has 1 N–H and O–H groups in total. The zero-order valence-electron chi connectivity index (χ0n) is 10.3. The minimum atomic E-state index is 0.315. The molecule has 5 heteroatoms. The van der Waals surface area contributed by atoms with Gasteiger partial charge in [-0.1, -0.05) is 11.6 Å². The fraction of sp³-hybridized carbons (Fsp3) is 0.308. The summed E-state index contributed by atoms with van der Waals surface area (Å²) in [5, 5.41) is 7.26. The molecule has 0 saturated heterocycles. The largest absolute Gasteiger partial charge is 0.312 e. The fourth-order valence-corrected chi connectivity index (χ4v) is 3.34. The second-order valence-electron chi connectivity index (χ2n) is 3.92. The normalized spacial score (nSPS) is 12.6. The van der Waals surface area contributed by atoms with Crippen LogP contribution in [-0.2, 0) is 5.75 Å². The van der Waals surface area contributed by atoms with Crippen molar-refractivity contribution in [2.24, 2.45) is 0 Å². The number of thioether (sulfide) groups is 1. The number of aromatic nitrogens is 1. The van der Waals surface area contributed by atoms with Crippen molar-refractivity contribution in [2.45, 2.75) is 23.6 Å². The van der Waals surface area contributed by atoms with Gasteiger partial charge in [-0.25, -0.2) is 4.98 Å². The Kier molecular flexibility index (Phi) is 5.06. The van der Waals surface area contributed by atoms with E-state index in [9.17, 15) is 0 Å². The second kappa shape index (κ2) is 6.57. The van der Waals surface area contributed by atoms with Crippen LogP contribution in [0.4, 0.5) is 0 Å². The van der Waals surface area contributed by atoms with Crippen molar-refractivity contribution in [2.75, 3.05) is 7.05 Å². The lowest BCUT2D eigenvalue weighted by atomic mass is 10.3. The molecule has 1 heterocycles. The van der Waals surface area contributed by atoms with Gasteiger partial charge in [-0.15, -0.1) is 23.1 Å². The van der Waals surface area contributed by atoms with Crippen LogP contribution >= 0.6 is 34.7 Å². The number of nitrogens with zero attached hydrogens (tertiary/aromatic N) is 1. The molecule has 0 amide bonds. The van der Waals surface area contributed by atoms with E-state index in [2.05, 4.69) is 22.6 Å². The number of hydrogen-bond donors (Lipinski definition) is 1. The molecule has 0 fully saturated rings. The predicted octanol–water partition coefficient (Wildman–Crippen LogP) is 4.37. The number of halogens is 1. The van der Waals surface area contributed by atoms with Gasteiger partial charge >= 0.3 is 0 Å². The van der Waals surface area contributed by atoms with Crippen molar-refractivity contribution in [1.29, 1.82) is 0 Å². The van der Waals surface area contributed by atoms with Crippen LogP contribution < -0.4 is 5.32 Å². The Balaban J connectivity index is 1.94. The van der Waals surface area contributed by atoms with Crippen LogP contribution in [0.15, 0.2) is 34.5 Å². The molecule has 2 aromatic rings. The van der Waals surface area contributed by atoms with Gasteiger partial charge in [0.15, 0.2) is 0 Å². The van der Waals surface area contributed by atoms with Gasteiger partial charge in [0.1, 0.15) is 5.01 Å². The second-order valence-corrected chi connectivity index (χ2v) is 6.35. The molecule has 0 aliphatic heterocycles. The quantitative estimate of drug-likeness (QED) is 0.830. The summed E-state index contributed by atoms with van der Waals surface area (Å²) < 4.78 is 0. The van der Waals surface area contributed by atoms with Gasteiger partial charge < -0.3 is 5.32 Å². The van der Waals surface area contributed by atoms with E-state index in [-0.39, 0.29) is 0 Å². The van der Waals surface area contributed by atoms with Crippen LogP contribution in [0.5, 0.6) is 0 Å². The highest BCUT2D eigenvalue weighted by atomic mass is 35.5. The zero-order valence-corrected chi connectivity index (χ0v) is 12.7. The average molecular weight is 299 g/mol. The molecule has 1 aromatic heterocycles. The van der Waals surface area contributed by atoms with Gasteiger partial charge in [0.05, 0.1) is 11.4 Å². The first kappa shape index (κ1) is 13.9. The van der Waals surface area contributed by atoms with Crippen molar-refractivity contribution in [3.63, 3.8) is 0 Å². The van der Waals surface area contributed by atoms with Crippen molar-refractivity contribution >= 4 is 34.7 Å². The number of thiazole rings is 1. The summed E-state index contributed by atoms with van der Waals surface area (Å²) in [5.74, 6) is 0.905. The smallest absolute Gasteiger partial charge is 0.103 e. The molecule has 18 heavy (non-hydrogen) atoms. The van der Waals surface area contributed by atoms with Crippen LogP contribution in [0, 0.1) is 0 Å². The van der Waals surface area contributed by atoms with E-state index in [1.165, 1.54) is 4.90 Å². The minimum absolute atomic E-state index is 0.315. The third-order valence-electron chi connectivity index (χ3n) is 2.62. The Morgan fingerprint density at radius 2 is 2.11 bits per heavy atom. The van der Waals surface area contributed by atoms with E-state index in [0.29, 0.717) is 6.04 Å². The molecule has 0 saturated carbocycles. The van der Waals surface area contributed by atoms with Gasteiger partial charge in [0.2, 0.25) is 0 Å². The highest BCUT2D eigenvalue weighted by Crippen LogP contribution is 2.26. The maximum Gasteiger partial charge on any atom is 0.103 e. The highest BCUT2D eigenvalue weighted by molar-refractivity contribution is 7.98. The monoisotopic (exact) mass is 298 g/mol. The summed E-state index contributed by atoms with van der Waals surface area (Å²) in [4.78, 5) is 5.84. The van der Waals surface area contributed by atoms with Gasteiger partial charge in [0.25, 0.3) is 0 Å². The summed E-state index contributed by atoms with van der Waals surface area (Å²) in [6.45, 7) is 2.12. The summed E-state index contributed by atoms with van der Waals surface area (Å²) in [7, 11) is 1.95. The first-order valence-corrected chi connectivity index (χ1v) is 7.93. The predicted molar refractivity (Wildman–Crippen MR) is 80.6 cm³/mol. The Morgan fingerprint density at radius 3 is 2.78 bits per heavy atom. The van der Waals surface area contributed by atoms with E-state index in [0.717, 1.165) is 21.5 Å². The summed E-state index contributed by atoms with van der Waals surface area (Å²) in [6.07, 6.45) is 0. The number of hydrogen-bond acceptors (Lipinski definition) is 4. The van der Waals surface area contributed by atoms with E-state index >= 15 is 0 Å². The molecule has 0 radical (unpaired) electrons. The number of benzene rings is 1. The standard InChI is InChI=1S/C13H15ClN2S2/c1-9(15-2)12-7-18-13(16-12)8-17-11-5-3-10(14)4-6-11/h3-7,9,15H,8H2,1-2H3. The third-order valence-corrected chi connectivity index (χ3v) is 4.95. The molecule has 2 nitrogen and oxygen atoms in total. The van der Waals surface area contributed by atoms with Gasteiger partial charge in [-0.3, -0.25) is 0 Å². The van der Waals surface area contributed by atoms with E-state index in [4.69, 9.17) is 11.6 Å². The van der Waals surface area contributed by atoms with Crippen molar-refractivity contribution in [3.05, 3.63) is 45.4 Å². The molecule has 0 aliphatic carbocycles. The van der Waals surface area contributed by atoms with Gasteiger partial charge in [0, 0.05) is 21.3 Å². The molecule has 0 bridgehead atoms. The third kappa shape index (κ3) is 3.72. The van der Waals surface area contributed by atoms with Crippen molar-refractivity contribution in [3.8, 4) is 0 Å². The Morgan fingerprint density at radius 1 is 1.39 bits per heavy atom. The summed E-state index contributed by atoms with van der Waals surface area (Å²) in [6, 6.07) is 8.23. The molecule has 2 rings (SSSR count). The van der Waals surface area contributed by atoms with E-state index in [1.807, 2.05) is 31.3 Å². The van der Waals surface area contributed by atoms with Crippen LogP contribution in [0.2, 0.25) is 5.02 Å². The Bertz CT molecular complexity index is 496. The molecular weight excluding hydrogens is 284 g/mol. The lowest BCUT2D eigenvalue weighted by Crippen LogP contribution is -2.12. The van der Waals surface area contributed by atoms with Gasteiger partial charge in [-0.05, 0) is 38.2 Å². The summed E-state index contributed by atoms with van der Waals surface area (Å²) in [5.41, 5.74) is 1.12. The van der Waals surface area contributed by atoms with Gasteiger partial charge in [-0.2, -0.15) is 0 Å². The number of rotatable bonds is 5. The maximum absolute atomic E-state index is 5.86. The topological polar surface area (TPSA) is 24.9 Å². The summed E-state index contributed by atoms with van der Waals surface area (Å²) >= 11 is 9.36.